The fourth-order valence-corrected chi connectivity index (χ4v) is 4.68. The molecule has 3 aromatic carbocycles. The van der Waals surface area contributed by atoms with E-state index in [9.17, 15) is 4.79 Å². The van der Waals surface area contributed by atoms with Crippen LogP contribution in [0.2, 0.25) is 0 Å². The van der Waals surface area contributed by atoms with E-state index in [2.05, 4.69) is 43.6 Å². The van der Waals surface area contributed by atoms with E-state index in [0.29, 0.717) is 39.5 Å². The molecule has 0 aliphatic rings. The second-order valence-corrected chi connectivity index (χ2v) is 9.46. The Morgan fingerprint density at radius 1 is 0.944 bits per heavy atom. The monoisotopic (exact) mass is 568 g/mol. The molecule has 0 atom stereocenters. The molecular formula is C26H25BrN4O4S. The van der Waals surface area contributed by atoms with E-state index in [1.807, 2.05) is 41.0 Å². The van der Waals surface area contributed by atoms with Crippen molar-refractivity contribution >= 4 is 33.6 Å². The Bertz CT molecular complexity index is 1320. The van der Waals surface area contributed by atoms with Crippen molar-refractivity contribution in [1.82, 2.24) is 20.1 Å². The first-order chi connectivity index (χ1) is 17.5. The molecule has 0 saturated carbocycles. The number of para-hydroxylation sites is 2. The number of ether oxygens (including phenoxy) is 3. The van der Waals surface area contributed by atoms with Crippen LogP contribution in [0.25, 0.3) is 5.69 Å². The molecule has 0 unspecified atom stereocenters. The standard InChI is InChI=1S/C26H25BrN4O4S/c1-33-20-12-18(13-21(14-20)34-2)25(32)28-15-24-29-30-26(36-16-17-8-10-19(27)11-9-17)31(24)22-6-4-5-7-23(22)35-3/h4-14H,15-16H2,1-3H3,(H,28,32). The van der Waals surface area contributed by atoms with Crippen molar-refractivity contribution in [3.05, 3.63) is 88.2 Å². The average molecular weight is 569 g/mol. The largest absolute Gasteiger partial charge is 0.497 e. The number of rotatable bonds is 10. The minimum absolute atomic E-state index is 0.155. The maximum atomic E-state index is 13.0. The SMILES string of the molecule is COc1cc(OC)cc(C(=O)NCc2nnc(SCc3ccc(Br)cc3)n2-c2ccccc2OC)c1. The molecule has 186 valence electrons. The highest BCUT2D eigenvalue weighted by Gasteiger charge is 2.19. The lowest BCUT2D eigenvalue weighted by molar-refractivity contribution is 0.0949. The minimum atomic E-state index is -0.286. The predicted octanol–water partition coefficient (Wildman–Crippen LogP) is 5.28. The second-order valence-electron chi connectivity index (χ2n) is 7.61. The molecule has 1 aromatic heterocycles. The topological polar surface area (TPSA) is 87.5 Å². The quantitative estimate of drug-likeness (QED) is 0.260. The number of carbonyl (C=O) groups excluding carboxylic acids is 1. The van der Waals surface area contributed by atoms with Crippen molar-refractivity contribution in [1.29, 1.82) is 0 Å². The average Bonchev–Trinajstić information content (AvgIpc) is 3.33. The first kappa shape index (κ1) is 25.6. The third-order valence-corrected chi connectivity index (χ3v) is 6.86. The third kappa shape index (κ3) is 6.00. The Hall–Kier alpha value is -3.50. The molecule has 8 nitrogen and oxygen atoms in total. The molecule has 0 aliphatic heterocycles. The molecule has 1 amide bonds. The number of halogens is 1. The maximum absolute atomic E-state index is 13.0. The van der Waals surface area contributed by atoms with Gasteiger partial charge in [-0.2, -0.15) is 0 Å². The number of thioether (sulfide) groups is 1. The van der Waals surface area contributed by atoms with Gasteiger partial charge < -0.3 is 19.5 Å². The molecule has 0 spiro atoms. The van der Waals surface area contributed by atoms with Crippen molar-refractivity contribution in [3.8, 4) is 22.9 Å². The van der Waals surface area contributed by atoms with Gasteiger partial charge in [0.15, 0.2) is 11.0 Å². The molecule has 0 radical (unpaired) electrons. The van der Waals surface area contributed by atoms with E-state index in [1.54, 1.807) is 51.3 Å². The molecular weight excluding hydrogens is 544 g/mol. The van der Waals surface area contributed by atoms with E-state index in [1.165, 1.54) is 0 Å². The Balaban J connectivity index is 1.60. The van der Waals surface area contributed by atoms with Gasteiger partial charge in [0.25, 0.3) is 5.91 Å². The van der Waals surface area contributed by atoms with Gasteiger partial charge in [0.05, 0.1) is 33.6 Å². The Morgan fingerprint density at radius 2 is 1.64 bits per heavy atom. The molecule has 1 N–H and O–H groups in total. The third-order valence-electron chi connectivity index (χ3n) is 5.33. The second kappa shape index (κ2) is 12.0. The first-order valence-corrected chi connectivity index (χ1v) is 12.8. The van der Waals surface area contributed by atoms with Gasteiger partial charge in [0.1, 0.15) is 17.2 Å². The van der Waals surface area contributed by atoms with E-state index in [0.717, 1.165) is 15.7 Å². The van der Waals surface area contributed by atoms with Crippen LogP contribution in [0.1, 0.15) is 21.7 Å². The summed E-state index contributed by atoms with van der Waals surface area (Å²) in [5.41, 5.74) is 2.36. The summed E-state index contributed by atoms with van der Waals surface area (Å²) in [5.74, 6) is 2.72. The van der Waals surface area contributed by atoms with Crippen molar-refractivity contribution in [2.24, 2.45) is 0 Å². The molecule has 0 aliphatic carbocycles. The van der Waals surface area contributed by atoms with Crippen molar-refractivity contribution in [3.63, 3.8) is 0 Å². The highest BCUT2D eigenvalue weighted by molar-refractivity contribution is 9.10. The summed E-state index contributed by atoms with van der Waals surface area (Å²) in [5, 5.41) is 12.4. The van der Waals surface area contributed by atoms with Gasteiger partial charge in [-0.3, -0.25) is 9.36 Å². The van der Waals surface area contributed by atoms with Crippen LogP contribution in [-0.4, -0.2) is 42.0 Å². The van der Waals surface area contributed by atoms with Crippen molar-refractivity contribution in [2.45, 2.75) is 17.5 Å². The normalized spacial score (nSPS) is 10.7. The van der Waals surface area contributed by atoms with Crippen LogP contribution >= 0.6 is 27.7 Å². The number of nitrogens with one attached hydrogen (secondary N) is 1. The number of amides is 1. The lowest BCUT2D eigenvalue weighted by Gasteiger charge is -2.14. The van der Waals surface area contributed by atoms with E-state index in [4.69, 9.17) is 14.2 Å². The zero-order chi connectivity index (χ0) is 25.5. The van der Waals surface area contributed by atoms with Gasteiger partial charge in [-0.15, -0.1) is 10.2 Å². The highest BCUT2D eigenvalue weighted by atomic mass is 79.9. The van der Waals surface area contributed by atoms with E-state index in [-0.39, 0.29) is 12.5 Å². The summed E-state index contributed by atoms with van der Waals surface area (Å²) < 4.78 is 19.1. The van der Waals surface area contributed by atoms with Gasteiger partial charge in [-0.05, 0) is 42.0 Å². The van der Waals surface area contributed by atoms with Crippen LogP contribution in [0, 0.1) is 0 Å². The molecule has 4 rings (SSSR count). The first-order valence-electron chi connectivity index (χ1n) is 11.0. The van der Waals surface area contributed by atoms with Crippen LogP contribution in [-0.2, 0) is 12.3 Å². The number of hydrogen-bond donors (Lipinski definition) is 1. The Labute approximate surface area is 222 Å². The number of aromatic nitrogens is 3. The number of nitrogens with zero attached hydrogens (tertiary/aromatic N) is 3. The van der Waals surface area contributed by atoms with Crippen molar-refractivity contribution in [2.75, 3.05) is 21.3 Å². The summed E-state index contributed by atoms with van der Waals surface area (Å²) in [4.78, 5) is 13.0. The van der Waals surface area contributed by atoms with Gasteiger partial charge >= 0.3 is 0 Å². The minimum Gasteiger partial charge on any atom is -0.497 e. The zero-order valence-electron chi connectivity index (χ0n) is 20.0. The van der Waals surface area contributed by atoms with Crippen molar-refractivity contribution < 1.29 is 19.0 Å². The summed E-state index contributed by atoms with van der Waals surface area (Å²) >= 11 is 5.02. The molecule has 0 saturated heterocycles. The van der Waals surface area contributed by atoms with E-state index >= 15 is 0 Å². The fraction of sp³-hybridized carbons (Fsp3) is 0.192. The molecule has 1 heterocycles. The lowest BCUT2D eigenvalue weighted by Crippen LogP contribution is -2.24. The van der Waals surface area contributed by atoms with Crippen LogP contribution in [0.3, 0.4) is 0 Å². The zero-order valence-corrected chi connectivity index (χ0v) is 22.4. The summed E-state index contributed by atoms with van der Waals surface area (Å²) in [6.07, 6.45) is 0. The van der Waals surface area contributed by atoms with Crippen LogP contribution in [0.15, 0.2) is 76.4 Å². The van der Waals surface area contributed by atoms with Crippen LogP contribution in [0.4, 0.5) is 0 Å². The smallest absolute Gasteiger partial charge is 0.251 e. The lowest BCUT2D eigenvalue weighted by atomic mass is 10.2. The predicted molar refractivity (Wildman–Crippen MR) is 142 cm³/mol. The van der Waals surface area contributed by atoms with Gasteiger partial charge in [0.2, 0.25) is 0 Å². The Morgan fingerprint density at radius 3 is 2.31 bits per heavy atom. The summed E-state index contributed by atoms with van der Waals surface area (Å²) in [6, 6.07) is 20.8. The van der Waals surface area contributed by atoms with E-state index < -0.39 is 0 Å². The summed E-state index contributed by atoms with van der Waals surface area (Å²) in [7, 11) is 4.70. The number of hydrogen-bond acceptors (Lipinski definition) is 7. The van der Waals surface area contributed by atoms with Crippen LogP contribution < -0.4 is 19.5 Å². The summed E-state index contributed by atoms with van der Waals surface area (Å²) in [6.45, 7) is 0.155. The molecule has 36 heavy (non-hydrogen) atoms. The van der Waals surface area contributed by atoms with Gasteiger partial charge in [-0.25, -0.2) is 0 Å². The number of methoxy groups -OCH3 is 3. The molecule has 4 aromatic rings. The van der Waals surface area contributed by atoms with Gasteiger partial charge in [-0.1, -0.05) is 52.0 Å². The van der Waals surface area contributed by atoms with Gasteiger partial charge in [0, 0.05) is 21.9 Å². The molecule has 10 heteroatoms. The maximum Gasteiger partial charge on any atom is 0.251 e. The number of carbonyl (C=O) groups is 1. The fourth-order valence-electron chi connectivity index (χ4n) is 3.49. The molecule has 0 fully saturated rings. The molecule has 0 bridgehead atoms. The Kier molecular flexibility index (Phi) is 8.50. The van der Waals surface area contributed by atoms with Crippen LogP contribution in [0.5, 0.6) is 17.2 Å². The highest BCUT2D eigenvalue weighted by Crippen LogP contribution is 2.30. The number of benzene rings is 3.